The molecule has 0 unspecified atom stereocenters. The van der Waals surface area contributed by atoms with E-state index in [1.54, 1.807) is 11.3 Å². The lowest BCUT2D eigenvalue weighted by Crippen LogP contribution is -2.50. The van der Waals surface area contributed by atoms with Crippen molar-refractivity contribution in [3.8, 4) is 0 Å². The monoisotopic (exact) mass is 413 g/mol. The summed E-state index contributed by atoms with van der Waals surface area (Å²) in [6.45, 7) is -0.0979. The number of ether oxygens (including phenoxy) is 2. The molecule has 29 heavy (non-hydrogen) atoms. The standard InChI is InChI=1S/C22H23NO5S/c1-27-22(26)18-10-14-6-2-3-7-15(14)11-23(18)20(24)12-28-21(25)17-13-29-19-9-5-4-8-16(17)19/h2-3,6-7,13,18H,4-5,8-12H2,1H3/t18-/m1/s1. The molecule has 0 spiro atoms. The number of thiophene rings is 1. The van der Waals surface area contributed by atoms with Crippen molar-refractivity contribution < 1.29 is 23.9 Å². The zero-order chi connectivity index (χ0) is 20.4. The lowest BCUT2D eigenvalue weighted by Gasteiger charge is -2.35. The molecule has 0 fully saturated rings. The summed E-state index contributed by atoms with van der Waals surface area (Å²) in [5.74, 6) is -1.33. The van der Waals surface area contributed by atoms with Crippen molar-refractivity contribution in [3.63, 3.8) is 0 Å². The predicted molar refractivity (Wildman–Crippen MR) is 108 cm³/mol. The third kappa shape index (κ3) is 3.92. The number of nitrogens with zero attached hydrogens (tertiary/aromatic N) is 1. The average molecular weight is 413 g/mol. The molecule has 1 aromatic heterocycles. The van der Waals surface area contributed by atoms with Gasteiger partial charge in [0.25, 0.3) is 5.91 Å². The molecule has 1 aliphatic heterocycles. The maximum atomic E-state index is 12.8. The first-order valence-corrected chi connectivity index (χ1v) is 10.7. The molecule has 2 aromatic rings. The van der Waals surface area contributed by atoms with E-state index in [0.29, 0.717) is 18.5 Å². The van der Waals surface area contributed by atoms with Gasteiger partial charge in [-0.25, -0.2) is 9.59 Å². The Hall–Kier alpha value is -2.67. The van der Waals surface area contributed by atoms with Crippen LogP contribution in [0.5, 0.6) is 0 Å². The summed E-state index contributed by atoms with van der Waals surface area (Å²) in [5, 5.41) is 1.83. The molecular weight excluding hydrogens is 390 g/mol. The fourth-order valence-corrected chi connectivity index (χ4v) is 5.20. The number of fused-ring (bicyclic) bond motifs is 2. The fraction of sp³-hybridized carbons (Fsp3) is 0.409. The maximum absolute atomic E-state index is 12.8. The van der Waals surface area contributed by atoms with Crippen LogP contribution >= 0.6 is 11.3 Å². The fourth-order valence-electron chi connectivity index (χ4n) is 4.08. The van der Waals surface area contributed by atoms with Crippen molar-refractivity contribution in [3.05, 3.63) is 56.8 Å². The van der Waals surface area contributed by atoms with Gasteiger partial charge < -0.3 is 14.4 Å². The number of benzene rings is 1. The van der Waals surface area contributed by atoms with E-state index in [1.165, 1.54) is 16.9 Å². The largest absolute Gasteiger partial charge is 0.467 e. The molecule has 1 atom stereocenters. The lowest BCUT2D eigenvalue weighted by molar-refractivity contribution is -0.155. The van der Waals surface area contributed by atoms with Gasteiger partial charge in [-0.05, 0) is 42.4 Å². The molecule has 1 aliphatic carbocycles. The van der Waals surface area contributed by atoms with Gasteiger partial charge in [0.15, 0.2) is 6.61 Å². The highest BCUT2D eigenvalue weighted by molar-refractivity contribution is 7.10. The van der Waals surface area contributed by atoms with Crippen LogP contribution in [-0.4, -0.2) is 42.5 Å². The number of methoxy groups -OCH3 is 1. The average Bonchev–Trinajstić information content (AvgIpc) is 3.20. The molecule has 0 saturated heterocycles. The number of hydrogen-bond acceptors (Lipinski definition) is 6. The Balaban J connectivity index is 1.46. The van der Waals surface area contributed by atoms with Gasteiger partial charge in [-0.15, -0.1) is 11.3 Å². The van der Waals surface area contributed by atoms with Gasteiger partial charge in [-0.1, -0.05) is 24.3 Å². The second-order valence-corrected chi connectivity index (χ2v) is 8.33. The first-order chi connectivity index (χ1) is 14.1. The maximum Gasteiger partial charge on any atom is 0.339 e. The Morgan fingerprint density at radius 2 is 1.90 bits per heavy atom. The molecule has 1 amide bonds. The van der Waals surface area contributed by atoms with Crippen LogP contribution in [0.1, 0.15) is 44.8 Å². The second-order valence-electron chi connectivity index (χ2n) is 7.37. The van der Waals surface area contributed by atoms with Crippen molar-refractivity contribution in [1.29, 1.82) is 0 Å². The number of carbonyl (C=O) groups excluding carboxylic acids is 3. The van der Waals surface area contributed by atoms with Crippen LogP contribution in [0.2, 0.25) is 0 Å². The SMILES string of the molecule is COC(=O)[C@H]1Cc2ccccc2CN1C(=O)COC(=O)c1csc2c1CCCC2. The molecular formula is C22H23NO5S. The second kappa shape index (κ2) is 8.37. The molecule has 0 radical (unpaired) electrons. The van der Waals surface area contributed by atoms with E-state index in [2.05, 4.69) is 0 Å². The third-order valence-corrected chi connectivity index (χ3v) is 6.74. The van der Waals surface area contributed by atoms with Crippen LogP contribution in [0.3, 0.4) is 0 Å². The van der Waals surface area contributed by atoms with E-state index in [1.807, 2.05) is 29.6 Å². The van der Waals surface area contributed by atoms with E-state index in [-0.39, 0.29) is 6.61 Å². The third-order valence-electron chi connectivity index (χ3n) is 5.65. The van der Waals surface area contributed by atoms with Crippen molar-refractivity contribution in [2.24, 2.45) is 0 Å². The molecule has 4 rings (SSSR count). The zero-order valence-electron chi connectivity index (χ0n) is 16.3. The van der Waals surface area contributed by atoms with Crippen LogP contribution in [0, 0.1) is 0 Å². The van der Waals surface area contributed by atoms with Gasteiger partial charge in [0, 0.05) is 23.2 Å². The number of aryl methyl sites for hydroxylation is 1. The highest BCUT2D eigenvalue weighted by Crippen LogP contribution is 2.30. The Labute approximate surface area is 173 Å². The predicted octanol–water partition coefficient (Wildman–Crippen LogP) is 2.91. The first-order valence-electron chi connectivity index (χ1n) is 9.79. The smallest absolute Gasteiger partial charge is 0.339 e. The summed E-state index contributed by atoms with van der Waals surface area (Å²) >= 11 is 1.58. The molecule has 152 valence electrons. The minimum atomic E-state index is -0.713. The lowest BCUT2D eigenvalue weighted by atomic mass is 9.94. The highest BCUT2D eigenvalue weighted by atomic mass is 32.1. The van der Waals surface area contributed by atoms with Crippen molar-refractivity contribution in [2.75, 3.05) is 13.7 Å². The van der Waals surface area contributed by atoms with E-state index < -0.39 is 23.9 Å². The van der Waals surface area contributed by atoms with Crippen molar-refractivity contribution in [2.45, 2.75) is 44.7 Å². The molecule has 7 heteroatoms. The van der Waals surface area contributed by atoms with E-state index in [9.17, 15) is 14.4 Å². The molecule has 0 saturated carbocycles. The van der Waals surface area contributed by atoms with Crippen LogP contribution < -0.4 is 0 Å². The molecule has 2 aliphatic rings. The summed E-state index contributed by atoms with van der Waals surface area (Å²) < 4.78 is 10.2. The minimum Gasteiger partial charge on any atom is -0.467 e. The van der Waals surface area contributed by atoms with Gasteiger partial charge in [-0.2, -0.15) is 0 Å². The highest BCUT2D eigenvalue weighted by Gasteiger charge is 2.35. The van der Waals surface area contributed by atoms with Gasteiger partial charge in [0.1, 0.15) is 6.04 Å². The van der Waals surface area contributed by atoms with Gasteiger partial charge in [-0.3, -0.25) is 4.79 Å². The Morgan fingerprint density at radius 3 is 2.69 bits per heavy atom. The van der Waals surface area contributed by atoms with Crippen LogP contribution in [-0.2, 0) is 44.9 Å². The number of esters is 2. The number of carbonyl (C=O) groups is 3. The Kier molecular flexibility index (Phi) is 5.67. The van der Waals surface area contributed by atoms with E-state index >= 15 is 0 Å². The summed E-state index contributed by atoms with van der Waals surface area (Å²) in [7, 11) is 1.31. The quantitative estimate of drug-likeness (QED) is 0.721. The van der Waals surface area contributed by atoms with Gasteiger partial charge in [0.05, 0.1) is 12.7 Å². The van der Waals surface area contributed by atoms with Crippen molar-refractivity contribution >= 4 is 29.2 Å². The van der Waals surface area contributed by atoms with E-state index in [0.717, 1.165) is 42.4 Å². The summed E-state index contributed by atoms with van der Waals surface area (Å²) in [6.07, 6.45) is 4.48. The molecule has 1 aromatic carbocycles. The molecule has 0 bridgehead atoms. The van der Waals surface area contributed by atoms with Crippen LogP contribution in [0.25, 0.3) is 0 Å². The van der Waals surface area contributed by atoms with Crippen LogP contribution in [0.4, 0.5) is 0 Å². The Morgan fingerprint density at radius 1 is 1.14 bits per heavy atom. The number of amides is 1. The minimum absolute atomic E-state index is 0.292. The summed E-state index contributed by atoms with van der Waals surface area (Å²) in [4.78, 5) is 40.3. The van der Waals surface area contributed by atoms with Crippen LogP contribution in [0.15, 0.2) is 29.6 Å². The normalized spacial score (nSPS) is 17.8. The number of rotatable bonds is 4. The van der Waals surface area contributed by atoms with Crippen molar-refractivity contribution in [1.82, 2.24) is 4.90 Å². The topological polar surface area (TPSA) is 72.9 Å². The van der Waals surface area contributed by atoms with E-state index in [4.69, 9.17) is 9.47 Å². The number of hydrogen-bond donors (Lipinski definition) is 0. The Bertz CT molecular complexity index is 950. The van der Waals surface area contributed by atoms with Gasteiger partial charge >= 0.3 is 11.9 Å². The summed E-state index contributed by atoms with van der Waals surface area (Å²) in [5.41, 5.74) is 3.65. The summed E-state index contributed by atoms with van der Waals surface area (Å²) in [6, 6.07) is 6.99. The molecule has 6 nitrogen and oxygen atoms in total. The first kappa shape index (κ1) is 19.6. The zero-order valence-corrected chi connectivity index (χ0v) is 17.1. The molecule has 2 heterocycles. The van der Waals surface area contributed by atoms with Gasteiger partial charge in [0.2, 0.25) is 0 Å². The molecule has 0 N–H and O–H groups in total.